The maximum absolute atomic E-state index is 11.9. The fourth-order valence-corrected chi connectivity index (χ4v) is 2.94. The van der Waals surface area contributed by atoms with Crippen LogP contribution in [0.25, 0.3) is 0 Å². The molecule has 1 aliphatic heterocycles. The van der Waals surface area contributed by atoms with Gasteiger partial charge >= 0.3 is 6.09 Å². The molecule has 1 aliphatic rings. The first-order valence-electron chi connectivity index (χ1n) is 8.19. The molecule has 1 aromatic heterocycles. The molecule has 0 bridgehead atoms. The number of likely N-dealkylation sites (tertiary alicyclic amines) is 1. The van der Waals surface area contributed by atoms with Gasteiger partial charge in [-0.05, 0) is 27.2 Å². The molecule has 0 unspecified atom stereocenters. The van der Waals surface area contributed by atoms with Crippen molar-refractivity contribution in [3.63, 3.8) is 0 Å². The molecule has 142 valence electrons. The Bertz CT molecular complexity index is 594. The molecule has 0 spiro atoms. The summed E-state index contributed by atoms with van der Waals surface area (Å²) in [5.74, 6) is 0.717. The number of aliphatic imine (C=N–C) groups is 1. The minimum Gasteiger partial charge on any atom is -0.444 e. The van der Waals surface area contributed by atoms with E-state index in [9.17, 15) is 4.79 Å². The molecule has 2 rings (SSSR count). The van der Waals surface area contributed by atoms with Crippen LogP contribution in [-0.4, -0.2) is 53.7 Å². The predicted octanol–water partition coefficient (Wildman–Crippen LogP) is 2.61. The fourth-order valence-electron chi connectivity index (χ4n) is 2.20. The number of ether oxygens (including phenoxy) is 1. The zero-order valence-corrected chi connectivity index (χ0v) is 18.6. The molecule has 7 nitrogen and oxygen atoms in total. The molecule has 0 atom stereocenters. The van der Waals surface area contributed by atoms with Gasteiger partial charge in [0.2, 0.25) is 0 Å². The number of halogens is 1. The van der Waals surface area contributed by atoms with Gasteiger partial charge in [-0.3, -0.25) is 4.99 Å². The van der Waals surface area contributed by atoms with Crippen LogP contribution in [0.4, 0.5) is 4.79 Å². The fraction of sp³-hybridized carbons (Fsp3) is 0.688. The highest BCUT2D eigenvalue weighted by atomic mass is 127. The molecule has 0 saturated carbocycles. The van der Waals surface area contributed by atoms with Crippen LogP contribution in [0.15, 0.2) is 10.4 Å². The van der Waals surface area contributed by atoms with E-state index in [1.54, 1.807) is 23.3 Å². The van der Waals surface area contributed by atoms with Gasteiger partial charge in [0.05, 0.1) is 23.3 Å². The summed E-state index contributed by atoms with van der Waals surface area (Å²) < 4.78 is 5.35. The number of hydrogen-bond donors (Lipinski definition) is 2. The Hall–Kier alpha value is -1.10. The summed E-state index contributed by atoms with van der Waals surface area (Å²) in [5.41, 5.74) is 0.557. The standard InChI is InChI=1S/C16H27N5O2S.HI/c1-6-13-19-11(10-24-13)7-18-14(17-5)20-12-8-21(9-12)15(22)23-16(2,3)4;/h10,12H,6-9H2,1-5H3,(H2,17,18,20);1H. The van der Waals surface area contributed by atoms with Crippen LogP contribution in [0.3, 0.4) is 0 Å². The first-order chi connectivity index (χ1) is 11.3. The normalized spacial score (nSPS) is 15.2. The highest BCUT2D eigenvalue weighted by Crippen LogP contribution is 2.15. The van der Waals surface area contributed by atoms with Gasteiger partial charge < -0.3 is 20.3 Å². The zero-order valence-electron chi connectivity index (χ0n) is 15.5. The van der Waals surface area contributed by atoms with Crippen molar-refractivity contribution in [3.8, 4) is 0 Å². The van der Waals surface area contributed by atoms with Crippen molar-refractivity contribution in [2.75, 3.05) is 20.1 Å². The minimum absolute atomic E-state index is 0. The van der Waals surface area contributed by atoms with E-state index in [0.29, 0.717) is 19.6 Å². The maximum atomic E-state index is 11.9. The number of guanidine groups is 1. The van der Waals surface area contributed by atoms with Crippen LogP contribution in [0.5, 0.6) is 0 Å². The summed E-state index contributed by atoms with van der Waals surface area (Å²) in [5, 5.41) is 9.76. The second-order valence-corrected chi connectivity index (χ2v) is 7.68. The molecule has 25 heavy (non-hydrogen) atoms. The van der Waals surface area contributed by atoms with Crippen LogP contribution < -0.4 is 10.6 Å². The number of thiazole rings is 1. The van der Waals surface area contributed by atoms with E-state index in [2.05, 4.69) is 32.9 Å². The molecular weight excluding hydrogens is 453 g/mol. The van der Waals surface area contributed by atoms with Crippen molar-refractivity contribution >= 4 is 47.4 Å². The first-order valence-corrected chi connectivity index (χ1v) is 9.07. The second-order valence-electron chi connectivity index (χ2n) is 6.74. The Morgan fingerprint density at radius 1 is 1.48 bits per heavy atom. The quantitative estimate of drug-likeness (QED) is 0.393. The lowest BCUT2D eigenvalue weighted by atomic mass is 10.1. The van der Waals surface area contributed by atoms with Crippen molar-refractivity contribution < 1.29 is 9.53 Å². The third-order valence-electron chi connectivity index (χ3n) is 3.44. The molecule has 2 heterocycles. The van der Waals surface area contributed by atoms with Gasteiger partial charge in [-0.2, -0.15) is 0 Å². The molecule has 1 aromatic rings. The van der Waals surface area contributed by atoms with Gasteiger partial charge in [0.1, 0.15) is 5.60 Å². The zero-order chi connectivity index (χ0) is 17.7. The van der Waals surface area contributed by atoms with Gasteiger partial charge in [0, 0.05) is 25.5 Å². The largest absolute Gasteiger partial charge is 0.444 e. The van der Waals surface area contributed by atoms with Gasteiger partial charge in [0.25, 0.3) is 0 Å². The Kier molecular flexibility index (Phi) is 8.39. The molecule has 0 aliphatic carbocycles. The highest BCUT2D eigenvalue weighted by molar-refractivity contribution is 14.0. The molecule has 1 amide bonds. The summed E-state index contributed by atoms with van der Waals surface area (Å²) in [6, 6.07) is 0.186. The Morgan fingerprint density at radius 2 is 2.16 bits per heavy atom. The predicted molar refractivity (Wildman–Crippen MR) is 112 cm³/mol. The van der Waals surface area contributed by atoms with E-state index in [1.165, 1.54) is 0 Å². The Morgan fingerprint density at radius 3 is 2.68 bits per heavy atom. The van der Waals surface area contributed by atoms with Crippen molar-refractivity contribution in [2.24, 2.45) is 4.99 Å². The Balaban J connectivity index is 0.00000312. The number of aryl methyl sites for hydroxylation is 1. The van der Waals surface area contributed by atoms with Crippen molar-refractivity contribution in [1.29, 1.82) is 0 Å². The monoisotopic (exact) mass is 481 g/mol. The Labute approximate surface area is 170 Å². The van der Waals surface area contributed by atoms with Crippen molar-refractivity contribution in [3.05, 3.63) is 16.1 Å². The number of hydrogen-bond acceptors (Lipinski definition) is 5. The molecule has 1 fully saturated rings. The number of nitrogens with one attached hydrogen (secondary N) is 2. The lowest BCUT2D eigenvalue weighted by Crippen LogP contribution is -2.63. The maximum Gasteiger partial charge on any atom is 0.410 e. The molecule has 9 heteroatoms. The van der Waals surface area contributed by atoms with Crippen LogP contribution in [-0.2, 0) is 17.7 Å². The lowest BCUT2D eigenvalue weighted by Gasteiger charge is -2.40. The van der Waals surface area contributed by atoms with Gasteiger partial charge in [-0.15, -0.1) is 35.3 Å². The van der Waals surface area contributed by atoms with Gasteiger partial charge in [-0.1, -0.05) is 6.92 Å². The minimum atomic E-state index is -0.460. The number of aromatic nitrogens is 1. The number of carbonyl (C=O) groups excluding carboxylic acids is 1. The number of amides is 1. The van der Waals surface area contributed by atoms with Crippen LogP contribution in [0.1, 0.15) is 38.4 Å². The van der Waals surface area contributed by atoms with E-state index >= 15 is 0 Å². The summed E-state index contributed by atoms with van der Waals surface area (Å²) >= 11 is 1.68. The summed E-state index contributed by atoms with van der Waals surface area (Å²) in [7, 11) is 1.73. The molecule has 2 N–H and O–H groups in total. The number of carbonyl (C=O) groups is 1. The summed E-state index contributed by atoms with van der Waals surface area (Å²) in [6.45, 7) is 9.58. The van der Waals surface area contributed by atoms with E-state index < -0.39 is 5.60 Å². The summed E-state index contributed by atoms with van der Waals surface area (Å²) in [4.78, 5) is 22.3. The third-order valence-corrected chi connectivity index (χ3v) is 4.48. The molecule has 1 saturated heterocycles. The average Bonchev–Trinajstić information content (AvgIpc) is 2.91. The smallest absolute Gasteiger partial charge is 0.410 e. The van der Waals surface area contributed by atoms with Gasteiger partial charge in [0.15, 0.2) is 5.96 Å². The highest BCUT2D eigenvalue weighted by Gasteiger charge is 2.34. The second kappa shape index (κ2) is 9.56. The molecular formula is C16H28IN5O2S. The molecule has 0 aromatic carbocycles. The van der Waals surface area contributed by atoms with Gasteiger partial charge in [-0.25, -0.2) is 9.78 Å². The van der Waals surface area contributed by atoms with E-state index in [1.807, 2.05) is 20.8 Å². The molecule has 0 radical (unpaired) electrons. The average molecular weight is 481 g/mol. The van der Waals surface area contributed by atoms with Crippen molar-refractivity contribution in [1.82, 2.24) is 20.5 Å². The van der Waals surface area contributed by atoms with Crippen LogP contribution in [0, 0.1) is 0 Å². The number of rotatable bonds is 4. The van der Waals surface area contributed by atoms with Crippen LogP contribution >= 0.6 is 35.3 Å². The van der Waals surface area contributed by atoms with Crippen LogP contribution in [0.2, 0.25) is 0 Å². The van der Waals surface area contributed by atoms with E-state index in [4.69, 9.17) is 4.74 Å². The summed E-state index contributed by atoms with van der Waals surface area (Å²) in [6.07, 6.45) is 0.693. The topological polar surface area (TPSA) is 78.9 Å². The number of nitrogens with zero attached hydrogens (tertiary/aromatic N) is 3. The first kappa shape index (κ1) is 21.9. The third kappa shape index (κ3) is 6.96. The van der Waals surface area contributed by atoms with Crippen molar-refractivity contribution in [2.45, 2.75) is 52.3 Å². The lowest BCUT2D eigenvalue weighted by molar-refractivity contribution is 0.00701. The van der Waals surface area contributed by atoms with E-state index in [-0.39, 0.29) is 36.1 Å². The SMILES string of the molecule is CCc1nc(CNC(=NC)NC2CN(C(=O)OC(C)(C)C)C2)cs1.I. The van der Waals surface area contributed by atoms with E-state index in [0.717, 1.165) is 23.1 Å².